The Morgan fingerprint density at radius 3 is 2.67 bits per heavy atom. The van der Waals surface area contributed by atoms with Crippen LogP contribution in [-0.4, -0.2) is 57.5 Å². The van der Waals surface area contributed by atoms with E-state index in [1.165, 1.54) is 0 Å². The van der Waals surface area contributed by atoms with Crippen LogP contribution in [0.15, 0.2) is 24.7 Å². The van der Waals surface area contributed by atoms with Gasteiger partial charge in [0.05, 0.1) is 0 Å². The van der Waals surface area contributed by atoms with Crippen molar-refractivity contribution in [3.8, 4) is 0 Å². The minimum Gasteiger partial charge on any atom is -0.343 e. The summed E-state index contributed by atoms with van der Waals surface area (Å²) in [7, 11) is 3.47. The summed E-state index contributed by atoms with van der Waals surface area (Å²) >= 11 is 0. The SMILES string of the molecule is CN(C)C(=O)c1cn2c(n1)CCN(c1ncccn1)CC2. The Morgan fingerprint density at radius 1 is 1.19 bits per heavy atom. The zero-order valence-electron chi connectivity index (χ0n) is 12.2. The first kappa shape index (κ1) is 13.5. The fourth-order valence-corrected chi connectivity index (χ4v) is 2.41. The molecule has 3 heterocycles. The first-order chi connectivity index (χ1) is 10.1. The molecule has 2 aromatic rings. The summed E-state index contributed by atoms with van der Waals surface area (Å²) in [5, 5.41) is 0. The van der Waals surface area contributed by atoms with Crippen molar-refractivity contribution in [2.24, 2.45) is 0 Å². The molecule has 0 aromatic carbocycles. The van der Waals surface area contributed by atoms with Gasteiger partial charge in [-0.15, -0.1) is 0 Å². The first-order valence-corrected chi connectivity index (χ1v) is 6.95. The number of rotatable bonds is 2. The van der Waals surface area contributed by atoms with Crippen molar-refractivity contribution in [1.29, 1.82) is 0 Å². The normalized spacial score (nSPS) is 14.5. The Hall–Kier alpha value is -2.44. The summed E-state index contributed by atoms with van der Waals surface area (Å²) in [6.45, 7) is 2.39. The van der Waals surface area contributed by atoms with E-state index in [9.17, 15) is 4.79 Å². The van der Waals surface area contributed by atoms with E-state index in [2.05, 4.69) is 24.4 Å². The lowest BCUT2D eigenvalue weighted by atomic mass is 10.4. The molecular formula is C14H18N6O. The Labute approximate surface area is 123 Å². The summed E-state index contributed by atoms with van der Waals surface area (Å²) in [6, 6.07) is 1.81. The highest BCUT2D eigenvalue weighted by Gasteiger charge is 2.20. The van der Waals surface area contributed by atoms with Gasteiger partial charge in [0, 0.05) is 58.7 Å². The molecule has 21 heavy (non-hydrogen) atoms. The molecule has 7 heteroatoms. The molecule has 7 nitrogen and oxygen atoms in total. The molecule has 3 rings (SSSR count). The second kappa shape index (κ2) is 5.51. The van der Waals surface area contributed by atoms with Crippen molar-refractivity contribution in [1.82, 2.24) is 24.4 Å². The smallest absolute Gasteiger partial charge is 0.273 e. The highest BCUT2D eigenvalue weighted by Crippen LogP contribution is 2.14. The monoisotopic (exact) mass is 286 g/mol. The van der Waals surface area contributed by atoms with Gasteiger partial charge in [0.25, 0.3) is 5.91 Å². The Kier molecular flexibility index (Phi) is 3.55. The summed E-state index contributed by atoms with van der Waals surface area (Å²) < 4.78 is 2.06. The number of amides is 1. The van der Waals surface area contributed by atoms with E-state index in [0.717, 1.165) is 37.8 Å². The zero-order chi connectivity index (χ0) is 14.8. The molecule has 2 aromatic heterocycles. The Bertz CT molecular complexity index is 611. The molecule has 0 saturated carbocycles. The van der Waals surface area contributed by atoms with Crippen molar-refractivity contribution in [2.75, 3.05) is 32.1 Å². The highest BCUT2D eigenvalue weighted by molar-refractivity contribution is 5.91. The van der Waals surface area contributed by atoms with Crippen molar-refractivity contribution in [3.05, 3.63) is 36.2 Å². The van der Waals surface area contributed by atoms with Gasteiger partial charge in [-0.2, -0.15) is 0 Å². The number of hydrogen-bond acceptors (Lipinski definition) is 5. The lowest BCUT2D eigenvalue weighted by Crippen LogP contribution is -2.28. The maximum Gasteiger partial charge on any atom is 0.273 e. The van der Waals surface area contributed by atoms with Crippen molar-refractivity contribution in [3.63, 3.8) is 0 Å². The Morgan fingerprint density at radius 2 is 1.95 bits per heavy atom. The fourth-order valence-electron chi connectivity index (χ4n) is 2.41. The third kappa shape index (κ3) is 2.72. The number of fused-ring (bicyclic) bond motifs is 1. The van der Waals surface area contributed by atoms with Gasteiger partial charge in [0.2, 0.25) is 5.95 Å². The highest BCUT2D eigenvalue weighted by atomic mass is 16.2. The van der Waals surface area contributed by atoms with Gasteiger partial charge in [0.1, 0.15) is 11.5 Å². The van der Waals surface area contributed by atoms with Gasteiger partial charge in [-0.25, -0.2) is 15.0 Å². The molecule has 0 radical (unpaired) electrons. The minimum atomic E-state index is -0.0566. The molecular weight excluding hydrogens is 268 g/mol. The standard InChI is InChI=1S/C14H18N6O/c1-18(2)13(21)11-10-20-9-8-19(7-4-12(20)17-11)14-15-5-3-6-16-14/h3,5-6,10H,4,7-9H2,1-2H3. The van der Waals surface area contributed by atoms with Gasteiger partial charge < -0.3 is 14.4 Å². The van der Waals surface area contributed by atoms with Gasteiger partial charge in [0.15, 0.2) is 0 Å². The lowest BCUT2D eigenvalue weighted by molar-refractivity contribution is 0.0822. The molecule has 1 aliphatic heterocycles. The number of anilines is 1. The first-order valence-electron chi connectivity index (χ1n) is 6.95. The van der Waals surface area contributed by atoms with E-state index in [1.807, 2.05) is 12.3 Å². The van der Waals surface area contributed by atoms with Crippen LogP contribution in [-0.2, 0) is 13.0 Å². The molecule has 0 bridgehead atoms. The van der Waals surface area contributed by atoms with Gasteiger partial charge >= 0.3 is 0 Å². The molecule has 0 atom stereocenters. The molecule has 1 aliphatic rings. The molecule has 0 aliphatic carbocycles. The molecule has 1 amide bonds. The van der Waals surface area contributed by atoms with Crippen LogP contribution in [0, 0.1) is 0 Å². The summed E-state index contributed by atoms with van der Waals surface area (Å²) in [4.78, 5) is 28.7. The topological polar surface area (TPSA) is 67.2 Å². The summed E-state index contributed by atoms with van der Waals surface area (Å²) in [5.74, 6) is 1.63. The van der Waals surface area contributed by atoms with Gasteiger partial charge in [-0.05, 0) is 6.07 Å². The van der Waals surface area contributed by atoms with E-state index in [1.54, 1.807) is 31.4 Å². The van der Waals surface area contributed by atoms with Crippen LogP contribution in [0.2, 0.25) is 0 Å². The average Bonchev–Trinajstić information content (AvgIpc) is 2.80. The molecule has 0 spiro atoms. The second-order valence-electron chi connectivity index (χ2n) is 5.22. The van der Waals surface area contributed by atoms with Crippen LogP contribution < -0.4 is 4.90 Å². The predicted octanol–water partition coefficient (Wildman–Crippen LogP) is 0.438. The van der Waals surface area contributed by atoms with Gasteiger partial charge in [-0.1, -0.05) is 0 Å². The molecule has 0 fully saturated rings. The number of carbonyl (C=O) groups excluding carboxylic acids is 1. The number of aromatic nitrogens is 4. The zero-order valence-corrected chi connectivity index (χ0v) is 12.2. The predicted molar refractivity (Wildman–Crippen MR) is 78.2 cm³/mol. The van der Waals surface area contributed by atoms with E-state index >= 15 is 0 Å². The van der Waals surface area contributed by atoms with Crippen LogP contribution in [0.25, 0.3) is 0 Å². The molecule has 0 unspecified atom stereocenters. The second-order valence-corrected chi connectivity index (χ2v) is 5.22. The molecule has 0 saturated heterocycles. The van der Waals surface area contributed by atoms with E-state index in [0.29, 0.717) is 5.69 Å². The quantitative estimate of drug-likeness (QED) is 0.801. The van der Waals surface area contributed by atoms with Crippen LogP contribution in [0.1, 0.15) is 16.3 Å². The fraction of sp³-hybridized carbons (Fsp3) is 0.429. The number of imidazole rings is 1. The maximum atomic E-state index is 12.0. The third-order valence-corrected chi connectivity index (χ3v) is 3.54. The number of nitrogens with zero attached hydrogens (tertiary/aromatic N) is 6. The molecule has 0 N–H and O–H groups in total. The van der Waals surface area contributed by atoms with Crippen LogP contribution >= 0.6 is 0 Å². The van der Waals surface area contributed by atoms with E-state index in [-0.39, 0.29) is 5.91 Å². The largest absolute Gasteiger partial charge is 0.343 e. The van der Waals surface area contributed by atoms with E-state index < -0.39 is 0 Å². The number of hydrogen-bond donors (Lipinski definition) is 0. The minimum absolute atomic E-state index is 0.0566. The number of carbonyl (C=O) groups is 1. The van der Waals surface area contributed by atoms with Crippen LogP contribution in [0.3, 0.4) is 0 Å². The maximum absolute atomic E-state index is 12.0. The average molecular weight is 286 g/mol. The summed E-state index contributed by atoms with van der Waals surface area (Å²) in [6.07, 6.45) is 6.12. The van der Waals surface area contributed by atoms with E-state index in [4.69, 9.17) is 0 Å². The van der Waals surface area contributed by atoms with Crippen LogP contribution in [0.4, 0.5) is 5.95 Å². The van der Waals surface area contributed by atoms with Crippen LogP contribution in [0.5, 0.6) is 0 Å². The van der Waals surface area contributed by atoms with Crippen molar-refractivity contribution in [2.45, 2.75) is 13.0 Å². The molecule has 110 valence electrons. The van der Waals surface area contributed by atoms with Gasteiger partial charge in [-0.3, -0.25) is 4.79 Å². The lowest BCUT2D eigenvalue weighted by Gasteiger charge is -2.19. The third-order valence-electron chi connectivity index (χ3n) is 3.54. The van der Waals surface area contributed by atoms with Crippen molar-refractivity contribution < 1.29 is 4.79 Å². The summed E-state index contributed by atoms with van der Waals surface area (Å²) in [5.41, 5.74) is 0.513. The Balaban J connectivity index is 1.76. The van der Waals surface area contributed by atoms with Crippen molar-refractivity contribution >= 4 is 11.9 Å².